The quantitative estimate of drug-likeness (QED) is 0.907. The summed E-state index contributed by atoms with van der Waals surface area (Å²) in [5.41, 5.74) is 2.21. The first kappa shape index (κ1) is 13.2. The van der Waals surface area contributed by atoms with Crippen molar-refractivity contribution in [2.75, 3.05) is 5.32 Å². The average Bonchev–Trinajstić information content (AvgIpc) is 3.08. The van der Waals surface area contributed by atoms with Gasteiger partial charge in [-0.2, -0.15) is 0 Å². The van der Waals surface area contributed by atoms with Crippen molar-refractivity contribution in [3.8, 4) is 0 Å². The highest BCUT2D eigenvalue weighted by molar-refractivity contribution is 5.30. The summed E-state index contributed by atoms with van der Waals surface area (Å²) in [6.45, 7) is 2.98. The molecule has 0 aromatic carbocycles. The molecule has 20 heavy (non-hydrogen) atoms. The van der Waals surface area contributed by atoms with Crippen LogP contribution in [0.25, 0.3) is 0 Å². The topological polar surface area (TPSA) is 42.7 Å². The zero-order valence-corrected chi connectivity index (χ0v) is 12.0. The lowest BCUT2D eigenvalue weighted by Gasteiger charge is -2.14. The first-order valence-electron chi connectivity index (χ1n) is 7.51. The second kappa shape index (κ2) is 6.07. The highest BCUT2D eigenvalue weighted by atomic mass is 15.2. The lowest BCUT2D eigenvalue weighted by atomic mass is 10.2. The summed E-state index contributed by atoms with van der Waals surface area (Å²) in [4.78, 5) is 9.00. The molecule has 4 heteroatoms. The fourth-order valence-corrected chi connectivity index (χ4v) is 2.87. The Morgan fingerprint density at radius 1 is 1.30 bits per heavy atom. The molecule has 0 unspecified atom stereocenters. The molecule has 2 aromatic heterocycles. The van der Waals surface area contributed by atoms with E-state index in [1.807, 2.05) is 18.3 Å². The van der Waals surface area contributed by atoms with E-state index < -0.39 is 0 Å². The van der Waals surface area contributed by atoms with E-state index in [4.69, 9.17) is 0 Å². The molecule has 106 valence electrons. The van der Waals surface area contributed by atoms with Gasteiger partial charge in [0.25, 0.3) is 0 Å². The molecule has 2 aromatic rings. The number of pyridine rings is 1. The van der Waals surface area contributed by atoms with Crippen molar-refractivity contribution in [3.05, 3.63) is 42.0 Å². The molecule has 0 atom stereocenters. The molecule has 0 spiro atoms. The molecule has 1 N–H and O–H groups in total. The van der Waals surface area contributed by atoms with Crippen LogP contribution in [0, 0.1) is 6.92 Å². The normalized spacial score (nSPS) is 15.7. The molecule has 4 nitrogen and oxygen atoms in total. The fraction of sp³-hybridized carbons (Fsp3) is 0.500. The summed E-state index contributed by atoms with van der Waals surface area (Å²) in [6.07, 6.45) is 10.1. The third kappa shape index (κ3) is 3.18. The molecule has 0 aliphatic heterocycles. The number of anilines is 1. The van der Waals surface area contributed by atoms with Crippen molar-refractivity contribution in [2.45, 2.75) is 51.6 Å². The van der Waals surface area contributed by atoms with Crippen LogP contribution in [0.3, 0.4) is 0 Å². The van der Waals surface area contributed by atoms with Crippen LogP contribution >= 0.6 is 0 Å². The van der Waals surface area contributed by atoms with Gasteiger partial charge in [0.1, 0.15) is 0 Å². The number of aromatic nitrogens is 3. The Balaban J connectivity index is 1.66. The van der Waals surface area contributed by atoms with Gasteiger partial charge in [0.2, 0.25) is 5.95 Å². The molecule has 0 amide bonds. The third-order valence-corrected chi connectivity index (χ3v) is 3.92. The number of rotatable bonds is 5. The smallest absolute Gasteiger partial charge is 0.203 e. The van der Waals surface area contributed by atoms with Crippen LogP contribution in [-0.4, -0.2) is 20.6 Å². The first-order chi connectivity index (χ1) is 9.81. The van der Waals surface area contributed by atoms with E-state index >= 15 is 0 Å². The van der Waals surface area contributed by atoms with Crippen molar-refractivity contribution in [1.29, 1.82) is 0 Å². The lowest BCUT2D eigenvalue weighted by molar-refractivity contribution is 0.667. The van der Waals surface area contributed by atoms with Crippen molar-refractivity contribution in [1.82, 2.24) is 14.5 Å². The van der Waals surface area contributed by atoms with E-state index in [0.717, 1.165) is 30.3 Å². The molecule has 1 aliphatic rings. The number of aryl methyl sites for hydroxylation is 3. The van der Waals surface area contributed by atoms with Crippen molar-refractivity contribution >= 4 is 5.95 Å². The van der Waals surface area contributed by atoms with Gasteiger partial charge < -0.3 is 9.88 Å². The highest BCUT2D eigenvalue weighted by Crippen LogP contribution is 2.22. The monoisotopic (exact) mass is 270 g/mol. The Labute approximate surface area is 120 Å². The van der Waals surface area contributed by atoms with Crippen LogP contribution in [0.1, 0.15) is 37.1 Å². The minimum Gasteiger partial charge on any atom is -0.353 e. The Hall–Kier alpha value is -1.84. The zero-order chi connectivity index (χ0) is 13.8. The summed E-state index contributed by atoms with van der Waals surface area (Å²) in [5, 5.41) is 3.60. The SMILES string of the molecule is Cc1cn(CCc2ccccn2)c(NC2CCCC2)n1. The summed E-state index contributed by atoms with van der Waals surface area (Å²) < 4.78 is 2.22. The first-order valence-corrected chi connectivity index (χ1v) is 7.51. The molecule has 0 saturated heterocycles. The van der Waals surface area contributed by atoms with Gasteiger partial charge in [-0.3, -0.25) is 4.98 Å². The van der Waals surface area contributed by atoms with Crippen LogP contribution < -0.4 is 5.32 Å². The molecular weight excluding hydrogens is 248 g/mol. The van der Waals surface area contributed by atoms with Crippen molar-refractivity contribution in [3.63, 3.8) is 0 Å². The van der Waals surface area contributed by atoms with E-state index in [2.05, 4.69) is 39.0 Å². The van der Waals surface area contributed by atoms with Crippen LogP contribution in [0.4, 0.5) is 5.95 Å². The highest BCUT2D eigenvalue weighted by Gasteiger charge is 2.17. The average molecular weight is 270 g/mol. The molecule has 0 radical (unpaired) electrons. The number of hydrogen-bond acceptors (Lipinski definition) is 3. The largest absolute Gasteiger partial charge is 0.353 e. The maximum Gasteiger partial charge on any atom is 0.203 e. The van der Waals surface area contributed by atoms with Crippen LogP contribution in [-0.2, 0) is 13.0 Å². The predicted molar refractivity (Wildman–Crippen MR) is 80.8 cm³/mol. The zero-order valence-electron chi connectivity index (χ0n) is 12.0. The molecule has 2 heterocycles. The maximum absolute atomic E-state index is 4.62. The minimum absolute atomic E-state index is 0.602. The maximum atomic E-state index is 4.62. The summed E-state index contributed by atoms with van der Waals surface area (Å²) in [7, 11) is 0. The molecule has 3 rings (SSSR count). The second-order valence-corrected chi connectivity index (χ2v) is 5.60. The van der Waals surface area contributed by atoms with Crippen LogP contribution in [0.15, 0.2) is 30.6 Å². The van der Waals surface area contributed by atoms with E-state index in [1.54, 1.807) is 0 Å². The Morgan fingerprint density at radius 2 is 2.15 bits per heavy atom. The van der Waals surface area contributed by atoms with Gasteiger partial charge in [-0.05, 0) is 31.9 Å². The summed E-state index contributed by atoms with van der Waals surface area (Å²) in [6, 6.07) is 6.68. The van der Waals surface area contributed by atoms with E-state index in [1.165, 1.54) is 25.7 Å². The van der Waals surface area contributed by atoms with E-state index in [9.17, 15) is 0 Å². The van der Waals surface area contributed by atoms with Crippen molar-refractivity contribution < 1.29 is 0 Å². The van der Waals surface area contributed by atoms with E-state index in [0.29, 0.717) is 6.04 Å². The minimum atomic E-state index is 0.602. The third-order valence-electron chi connectivity index (χ3n) is 3.92. The number of nitrogens with zero attached hydrogens (tertiary/aromatic N) is 3. The van der Waals surface area contributed by atoms with Gasteiger partial charge in [-0.25, -0.2) is 4.98 Å². The van der Waals surface area contributed by atoms with Gasteiger partial charge in [0.15, 0.2) is 0 Å². The Bertz CT molecular complexity index is 541. The molecule has 0 bridgehead atoms. The molecule has 1 saturated carbocycles. The van der Waals surface area contributed by atoms with Gasteiger partial charge >= 0.3 is 0 Å². The number of hydrogen-bond donors (Lipinski definition) is 1. The van der Waals surface area contributed by atoms with Gasteiger partial charge in [0, 0.05) is 37.1 Å². The van der Waals surface area contributed by atoms with Gasteiger partial charge in [-0.1, -0.05) is 18.9 Å². The van der Waals surface area contributed by atoms with Crippen LogP contribution in [0.5, 0.6) is 0 Å². The number of imidazole rings is 1. The molecule has 1 aliphatic carbocycles. The number of nitrogens with one attached hydrogen (secondary N) is 1. The standard InChI is InChI=1S/C16H22N4/c1-13-12-20(11-9-14-6-4-5-10-17-14)16(18-13)19-15-7-2-3-8-15/h4-6,10,12,15H,2-3,7-9,11H2,1H3,(H,18,19). The van der Waals surface area contributed by atoms with Gasteiger partial charge in [0.05, 0.1) is 5.69 Å². The fourth-order valence-electron chi connectivity index (χ4n) is 2.87. The molecule has 1 fully saturated rings. The molecular formula is C16H22N4. The lowest BCUT2D eigenvalue weighted by Crippen LogP contribution is -2.18. The van der Waals surface area contributed by atoms with Gasteiger partial charge in [-0.15, -0.1) is 0 Å². The predicted octanol–water partition coefficient (Wildman–Crippen LogP) is 3.18. The Morgan fingerprint density at radius 3 is 2.90 bits per heavy atom. The summed E-state index contributed by atoms with van der Waals surface area (Å²) >= 11 is 0. The van der Waals surface area contributed by atoms with E-state index in [-0.39, 0.29) is 0 Å². The Kier molecular flexibility index (Phi) is 4.00. The van der Waals surface area contributed by atoms with Crippen LogP contribution in [0.2, 0.25) is 0 Å². The van der Waals surface area contributed by atoms with Crippen molar-refractivity contribution in [2.24, 2.45) is 0 Å². The second-order valence-electron chi connectivity index (χ2n) is 5.60. The summed E-state index contributed by atoms with van der Waals surface area (Å²) in [5.74, 6) is 1.02.